The van der Waals surface area contributed by atoms with Gasteiger partial charge >= 0.3 is 11.9 Å². The molecule has 0 saturated heterocycles. The molecule has 1 heterocycles. The standard InChI is InChI=1S/C27H36N2O5/c1-8-29(9-2)19-12-10-18(11-13-19)23-22(27(32)34-15(3)4)17(6)28-20-14-16(5)21(26(31)33-7)25(30)24(20)23/h10-13,15-16,21,23,28H,8-9,14H2,1-7H3/t16-,21+,23+/m0/s1. The first-order chi connectivity index (χ1) is 16.1. The van der Waals surface area contributed by atoms with E-state index in [0.29, 0.717) is 23.3 Å². The molecule has 0 amide bonds. The molecule has 0 fully saturated rings. The molecule has 1 aliphatic carbocycles. The molecule has 1 aliphatic heterocycles. The molecule has 7 nitrogen and oxygen atoms in total. The summed E-state index contributed by atoms with van der Waals surface area (Å²) in [5.74, 6) is -3.05. The van der Waals surface area contributed by atoms with Crippen LogP contribution in [0, 0.1) is 11.8 Å². The maximum absolute atomic E-state index is 13.7. The minimum atomic E-state index is -0.899. The number of nitrogens with zero attached hydrogens (tertiary/aromatic N) is 1. The first-order valence-electron chi connectivity index (χ1n) is 12.0. The number of methoxy groups -OCH3 is 1. The van der Waals surface area contributed by atoms with Crippen LogP contribution in [0.3, 0.4) is 0 Å². The van der Waals surface area contributed by atoms with Crippen molar-refractivity contribution >= 4 is 23.4 Å². The van der Waals surface area contributed by atoms with E-state index >= 15 is 0 Å². The molecule has 0 unspecified atom stereocenters. The Balaban J connectivity index is 2.15. The number of Topliss-reactive ketones (excluding diaryl/α,β-unsaturated/α-hetero) is 1. The summed E-state index contributed by atoms with van der Waals surface area (Å²) in [4.78, 5) is 41.7. The van der Waals surface area contributed by atoms with Gasteiger partial charge in [0.1, 0.15) is 5.92 Å². The van der Waals surface area contributed by atoms with Crippen molar-refractivity contribution < 1.29 is 23.9 Å². The number of allylic oxidation sites excluding steroid dienone is 3. The summed E-state index contributed by atoms with van der Waals surface area (Å²) in [6, 6.07) is 7.95. The number of ketones is 1. The molecule has 0 saturated carbocycles. The first kappa shape index (κ1) is 25.5. The van der Waals surface area contributed by atoms with Crippen LogP contribution >= 0.6 is 0 Å². The zero-order valence-corrected chi connectivity index (χ0v) is 21.2. The van der Waals surface area contributed by atoms with Crippen molar-refractivity contribution in [2.45, 2.75) is 60.0 Å². The summed E-state index contributed by atoms with van der Waals surface area (Å²) < 4.78 is 10.5. The van der Waals surface area contributed by atoms with Crippen LogP contribution in [0.2, 0.25) is 0 Å². The van der Waals surface area contributed by atoms with Gasteiger partial charge in [-0.3, -0.25) is 9.59 Å². The van der Waals surface area contributed by atoms with E-state index in [1.807, 2.05) is 38.1 Å². The van der Waals surface area contributed by atoms with Crippen LogP contribution in [0.1, 0.15) is 59.4 Å². The Labute approximate surface area is 202 Å². The van der Waals surface area contributed by atoms with Crippen molar-refractivity contribution in [3.05, 3.63) is 52.4 Å². The molecular formula is C27H36N2O5. The lowest BCUT2D eigenvalue weighted by Crippen LogP contribution is -2.43. The smallest absolute Gasteiger partial charge is 0.337 e. The molecule has 1 aromatic rings. The number of anilines is 1. The van der Waals surface area contributed by atoms with E-state index in [9.17, 15) is 14.4 Å². The summed E-state index contributed by atoms with van der Waals surface area (Å²) >= 11 is 0. The Kier molecular flexibility index (Phi) is 7.85. The van der Waals surface area contributed by atoms with Gasteiger partial charge in [-0.15, -0.1) is 0 Å². The number of carbonyl (C=O) groups is 3. The van der Waals surface area contributed by atoms with Crippen LogP contribution in [-0.4, -0.2) is 44.0 Å². The molecule has 1 N–H and O–H groups in total. The summed E-state index contributed by atoms with van der Waals surface area (Å²) in [5, 5.41) is 3.29. The van der Waals surface area contributed by atoms with Crippen molar-refractivity contribution in [1.82, 2.24) is 5.32 Å². The average molecular weight is 469 g/mol. The fourth-order valence-corrected chi connectivity index (χ4v) is 5.03. The molecule has 0 spiro atoms. The summed E-state index contributed by atoms with van der Waals surface area (Å²) in [7, 11) is 1.30. The summed E-state index contributed by atoms with van der Waals surface area (Å²) in [6.07, 6.45) is 0.206. The highest BCUT2D eigenvalue weighted by molar-refractivity contribution is 6.12. The van der Waals surface area contributed by atoms with Crippen LogP contribution in [0.5, 0.6) is 0 Å². The molecular weight excluding hydrogens is 432 g/mol. The Hall–Kier alpha value is -3.09. The van der Waals surface area contributed by atoms with Crippen molar-refractivity contribution in [2.24, 2.45) is 11.8 Å². The highest BCUT2D eigenvalue weighted by Crippen LogP contribution is 2.45. The number of dihydropyridines is 1. The largest absolute Gasteiger partial charge is 0.468 e. The zero-order chi connectivity index (χ0) is 25.2. The van der Waals surface area contributed by atoms with E-state index in [2.05, 4.69) is 24.1 Å². The maximum atomic E-state index is 13.7. The van der Waals surface area contributed by atoms with Gasteiger partial charge in [0, 0.05) is 41.7 Å². The number of hydrogen-bond acceptors (Lipinski definition) is 7. The number of esters is 2. The number of ether oxygens (including phenoxy) is 2. The molecule has 3 atom stereocenters. The van der Waals surface area contributed by atoms with Gasteiger partial charge in [-0.05, 0) is 64.7 Å². The van der Waals surface area contributed by atoms with Crippen molar-refractivity contribution in [2.75, 3.05) is 25.1 Å². The molecule has 184 valence electrons. The van der Waals surface area contributed by atoms with Gasteiger partial charge in [-0.1, -0.05) is 19.1 Å². The summed E-state index contributed by atoms with van der Waals surface area (Å²) in [6.45, 7) is 13.2. The Bertz CT molecular complexity index is 1020. The number of carbonyl (C=O) groups excluding carboxylic acids is 3. The molecule has 1 aromatic carbocycles. The highest BCUT2D eigenvalue weighted by Gasteiger charge is 2.47. The highest BCUT2D eigenvalue weighted by atomic mass is 16.5. The van der Waals surface area contributed by atoms with Gasteiger partial charge in [0.05, 0.1) is 18.8 Å². The minimum absolute atomic E-state index is 0.214. The van der Waals surface area contributed by atoms with Gasteiger partial charge < -0.3 is 19.7 Å². The van der Waals surface area contributed by atoms with Crippen molar-refractivity contribution in [3.8, 4) is 0 Å². The Morgan fingerprint density at radius 2 is 1.76 bits per heavy atom. The van der Waals surface area contributed by atoms with E-state index in [1.165, 1.54) is 7.11 Å². The van der Waals surface area contributed by atoms with Gasteiger partial charge in [-0.2, -0.15) is 0 Å². The number of hydrogen-bond donors (Lipinski definition) is 1. The van der Waals surface area contributed by atoms with E-state index in [1.54, 1.807) is 13.8 Å². The number of benzene rings is 1. The molecule has 0 radical (unpaired) electrons. The van der Waals surface area contributed by atoms with Crippen molar-refractivity contribution in [3.63, 3.8) is 0 Å². The Morgan fingerprint density at radius 3 is 2.29 bits per heavy atom. The predicted octanol–water partition coefficient (Wildman–Crippen LogP) is 4.10. The second-order valence-corrected chi connectivity index (χ2v) is 9.25. The summed E-state index contributed by atoms with van der Waals surface area (Å²) in [5.41, 5.74) is 4.15. The number of nitrogens with one attached hydrogen (secondary N) is 1. The van der Waals surface area contributed by atoms with E-state index in [4.69, 9.17) is 9.47 Å². The van der Waals surface area contributed by atoms with Gasteiger partial charge in [0.25, 0.3) is 0 Å². The molecule has 2 aliphatic rings. The van der Waals surface area contributed by atoms with Crippen LogP contribution < -0.4 is 10.2 Å². The van der Waals surface area contributed by atoms with Gasteiger partial charge in [0.2, 0.25) is 0 Å². The van der Waals surface area contributed by atoms with E-state index in [0.717, 1.165) is 30.0 Å². The number of rotatable bonds is 7. The second-order valence-electron chi connectivity index (χ2n) is 9.25. The lowest BCUT2D eigenvalue weighted by atomic mass is 9.69. The maximum Gasteiger partial charge on any atom is 0.337 e. The third-order valence-electron chi connectivity index (χ3n) is 6.66. The van der Waals surface area contributed by atoms with E-state index < -0.39 is 23.8 Å². The van der Waals surface area contributed by atoms with Crippen LogP contribution in [0.4, 0.5) is 5.69 Å². The predicted molar refractivity (Wildman–Crippen MR) is 131 cm³/mol. The second kappa shape index (κ2) is 10.5. The lowest BCUT2D eigenvalue weighted by Gasteiger charge is -2.38. The molecule has 34 heavy (non-hydrogen) atoms. The van der Waals surface area contributed by atoms with Crippen LogP contribution in [0.15, 0.2) is 46.8 Å². The quantitative estimate of drug-likeness (QED) is 0.476. The third kappa shape index (κ3) is 4.74. The molecule has 7 heteroatoms. The van der Waals surface area contributed by atoms with Crippen molar-refractivity contribution in [1.29, 1.82) is 0 Å². The third-order valence-corrected chi connectivity index (χ3v) is 6.66. The Morgan fingerprint density at radius 1 is 1.15 bits per heavy atom. The lowest BCUT2D eigenvalue weighted by molar-refractivity contribution is -0.151. The SMILES string of the molecule is CCN(CC)c1ccc([C@@H]2C(C(=O)OC(C)C)=C(C)NC3=C2C(=O)[C@H](C(=O)OC)[C@@H](C)C3)cc1. The monoisotopic (exact) mass is 468 g/mol. The normalized spacial score (nSPS) is 22.4. The van der Waals surface area contributed by atoms with E-state index in [-0.39, 0.29) is 17.8 Å². The van der Waals surface area contributed by atoms with Gasteiger partial charge in [0.15, 0.2) is 5.78 Å². The fourth-order valence-electron chi connectivity index (χ4n) is 5.03. The zero-order valence-electron chi connectivity index (χ0n) is 21.2. The minimum Gasteiger partial charge on any atom is -0.468 e. The van der Waals surface area contributed by atoms with Gasteiger partial charge in [-0.25, -0.2) is 4.79 Å². The van der Waals surface area contributed by atoms with Crippen LogP contribution in [0.25, 0.3) is 0 Å². The first-order valence-corrected chi connectivity index (χ1v) is 12.0. The van der Waals surface area contributed by atoms with Crippen LogP contribution in [-0.2, 0) is 23.9 Å². The molecule has 0 aromatic heterocycles. The molecule has 0 bridgehead atoms. The fraction of sp³-hybridized carbons (Fsp3) is 0.519. The topological polar surface area (TPSA) is 84.9 Å². The average Bonchev–Trinajstić information content (AvgIpc) is 2.78. The molecule has 3 rings (SSSR count).